The summed E-state index contributed by atoms with van der Waals surface area (Å²) >= 11 is 1.65. The van der Waals surface area contributed by atoms with Gasteiger partial charge in [-0.2, -0.15) is 0 Å². The van der Waals surface area contributed by atoms with Gasteiger partial charge in [0.1, 0.15) is 0 Å². The number of likely N-dealkylation sites (N-methyl/N-ethyl adjacent to an activating group) is 1. The second-order valence-electron chi connectivity index (χ2n) is 4.67. The number of nitrogens with zero attached hydrogens (tertiary/aromatic N) is 2. The van der Waals surface area contributed by atoms with Crippen molar-refractivity contribution in [1.29, 1.82) is 0 Å². The highest BCUT2D eigenvalue weighted by molar-refractivity contribution is 7.07. The van der Waals surface area contributed by atoms with Crippen LogP contribution in [0.5, 0.6) is 0 Å². The number of rotatable bonds is 5. The molecule has 84 valence electrons. The van der Waals surface area contributed by atoms with Crippen LogP contribution in [0, 0.1) is 5.92 Å². The Labute approximate surface area is 95.3 Å². The number of aromatic nitrogens is 1. The van der Waals surface area contributed by atoms with Crippen molar-refractivity contribution in [2.45, 2.75) is 31.8 Å². The largest absolute Gasteiger partial charge is 0.329 e. The van der Waals surface area contributed by atoms with Crippen molar-refractivity contribution in [3.8, 4) is 0 Å². The summed E-state index contributed by atoms with van der Waals surface area (Å²) in [4.78, 5) is 6.68. The molecule has 4 heteroatoms. The van der Waals surface area contributed by atoms with Crippen LogP contribution in [0.15, 0.2) is 10.9 Å². The maximum absolute atomic E-state index is 5.92. The normalized spacial score (nSPS) is 20.5. The van der Waals surface area contributed by atoms with Crippen LogP contribution in [0.25, 0.3) is 0 Å². The first-order chi connectivity index (χ1) is 7.16. The lowest BCUT2D eigenvalue weighted by Gasteiger charge is -2.38. The highest BCUT2D eigenvalue weighted by Crippen LogP contribution is 2.42. The molecule has 1 atom stereocenters. The van der Waals surface area contributed by atoms with Gasteiger partial charge >= 0.3 is 0 Å². The Morgan fingerprint density at radius 3 is 2.87 bits per heavy atom. The van der Waals surface area contributed by atoms with Crippen molar-refractivity contribution < 1.29 is 0 Å². The van der Waals surface area contributed by atoms with Gasteiger partial charge in [0, 0.05) is 24.0 Å². The van der Waals surface area contributed by atoms with E-state index < -0.39 is 0 Å². The molecule has 1 aromatic heterocycles. The summed E-state index contributed by atoms with van der Waals surface area (Å²) in [6.45, 7) is 3.92. The summed E-state index contributed by atoms with van der Waals surface area (Å²) in [5.74, 6) is 0.783. The molecule has 1 saturated carbocycles. The second-order valence-corrected chi connectivity index (χ2v) is 5.39. The molecule has 0 radical (unpaired) electrons. The quantitative estimate of drug-likeness (QED) is 0.829. The second kappa shape index (κ2) is 4.20. The minimum Gasteiger partial charge on any atom is -0.329 e. The van der Waals surface area contributed by atoms with E-state index in [0.717, 1.165) is 24.7 Å². The van der Waals surface area contributed by atoms with Crippen LogP contribution in [-0.2, 0) is 6.54 Å². The average Bonchev–Trinajstić information content (AvgIpc) is 2.98. The fraction of sp³-hybridized carbons (Fsp3) is 0.727. The van der Waals surface area contributed by atoms with E-state index in [0.29, 0.717) is 0 Å². The van der Waals surface area contributed by atoms with E-state index in [1.54, 1.807) is 11.3 Å². The molecule has 3 nitrogen and oxygen atoms in total. The van der Waals surface area contributed by atoms with Crippen LogP contribution in [-0.4, -0.2) is 29.0 Å². The van der Waals surface area contributed by atoms with Gasteiger partial charge in [-0.1, -0.05) is 0 Å². The lowest BCUT2D eigenvalue weighted by atomic mass is 9.94. The highest BCUT2D eigenvalue weighted by Gasteiger charge is 2.43. The van der Waals surface area contributed by atoms with Crippen LogP contribution >= 0.6 is 11.3 Å². The first kappa shape index (κ1) is 11.0. The van der Waals surface area contributed by atoms with Gasteiger partial charge < -0.3 is 5.73 Å². The Balaban J connectivity index is 2.02. The topological polar surface area (TPSA) is 42.2 Å². The fourth-order valence-corrected chi connectivity index (χ4v) is 2.63. The lowest BCUT2D eigenvalue weighted by Crippen LogP contribution is -2.51. The maximum atomic E-state index is 5.92. The number of thiazole rings is 1. The van der Waals surface area contributed by atoms with Gasteiger partial charge in [-0.3, -0.25) is 4.90 Å². The van der Waals surface area contributed by atoms with E-state index in [1.165, 1.54) is 12.8 Å². The molecule has 0 bridgehead atoms. The van der Waals surface area contributed by atoms with E-state index >= 15 is 0 Å². The summed E-state index contributed by atoms with van der Waals surface area (Å²) in [7, 11) is 2.16. The van der Waals surface area contributed by atoms with E-state index in [2.05, 4.69) is 29.2 Å². The van der Waals surface area contributed by atoms with Gasteiger partial charge in [-0.05, 0) is 32.7 Å². The minimum atomic E-state index is 0.156. The van der Waals surface area contributed by atoms with Gasteiger partial charge in [-0.25, -0.2) is 4.98 Å². The number of nitrogens with two attached hydrogens (primary N) is 1. The molecule has 0 aliphatic heterocycles. The van der Waals surface area contributed by atoms with Crippen molar-refractivity contribution in [1.82, 2.24) is 9.88 Å². The van der Waals surface area contributed by atoms with Crippen molar-refractivity contribution in [2.75, 3.05) is 13.6 Å². The predicted octanol–water partition coefficient (Wildman–Crippen LogP) is 1.70. The minimum absolute atomic E-state index is 0.156. The molecule has 1 aliphatic carbocycles. The van der Waals surface area contributed by atoms with Gasteiger partial charge in [0.15, 0.2) is 0 Å². The van der Waals surface area contributed by atoms with E-state index in [-0.39, 0.29) is 5.54 Å². The van der Waals surface area contributed by atoms with Crippen LogP contribution < -0.4 is 5.73 Å². The summed E-state index contributed by atoms with van der Waals surface area (Å²) < 4.78 is 0. The first-order valence-corrected chi connectivity index (χ1v) is 6.39. The Hall–Kier alpha value is -0.450. The van der Waals surface area contributed by atoms with Crippen molar-refractivity contribution in [2.24, 2.45) is 11.7 Å². The molecule has 2 N–H and O–H groups in total. The molecular weight excluding hydrogens is 206 g/mol. The average molecular weight is 225 g/mol. The molecular formula is C11H19N3S. The van der Waals surface area contributed by atoms with Crippen molar-refractivity contribution in [3.05, 3.63) is 16.6 Å². The predicted molar refractivity (Wildman–Crippen MR) is 63.8 cm³/mol. The third-order valence-corrected chi connectivity index (χ3v) is 4.26. The Kier molecular flexibility index (Phi) is 3.09. The lowest BCUT2D eigenvalue weighted by molar-refractivity contribution is 0.111. The van der Waals surface area contributed by atoms with Gasteiger partial charge in [0.2, 0.25) is 0 Å². The Morgan fingerprint density at radius 1 is 1.67 bits per heavy atom. The summed E-state index contributed by atoms with van der Waals surface area (Å²) in [5, 5.41) is 2.11. The smallest absolute Gasteiger partial charge is 0.0795 e. The Bertz CT molecular complexity index is 308. The maximum Gasteiger partial charge on any atom is 0.0795 e. The molecule has 0 aromatic carbocycles. The summed E-state index contributed by atoms with van der Waals surface area (Å²) in [6.07, 6.45) is 2.66. The SMILES string of the molecule is CN(Cc1cscn1)C(C)(CN)C1CC1. The third-order valence-electron chi connectivity index (χ3n) is 3.62. The first-order valence-electron chi connectivity index (χ1n) is 5.45. The number of hydrogen-bond acceptors (Lipinski definition) is 4. The van der Waals surface area contributed by atoms with Crippen LogP contribution in [0.4, 0.5) is 0 Å². The van der Waals surface area contributed by atoms with Gasteiger partial charge in [0.25, 0.3) is 0 Å². The summed E-state index contributed by atoms with van der Waals surface area (Å²) in [6, 6.07) is 0. The number of hydrogen-bond donors (Lipinski definition) is 1. The standard InChI is InChI=1S/C11H19N3S/c1-11(7-12,9-3-4-9)14(2)5-10-6-15-8-13-10/h6,8-9H,3-5,7,12H2,1-2H3. The molecule has 15 heavy (non-hydrogen) atoms. The van der Waals surface area contributed by atoms with E-state index in [1.807, 2.05) is 5.51 Å². The van der Waals surface area contributed by atoms with Crippen LogP contribution in [0.2, 0.25) is 0 Å². The molecule has 1 aromatic rings. The molecule has 1 heterocycles. The van der Waals surface area contributed by atoms with Gasteiger partial charge in [0.05, 0.1) is 11.2 Å². The molecule has 1 aliphatic rings. The molecule has 1 unspecified atom stereocenters. The summed E-state index contributed by atoms with van der Waals surface area (Å²) in [5.41, 5.74) is 9.12. The van der Waals surface area contributed by atoms with Gasteiger partial charge in [-0.15, -0.1) is 11.3 Å². The fourth-order valence-electron chi connectivity index (χ4n) is 2.08. The van der Waals surface area contributed by atoms with Crippen LogP contribution in [0.3, 0.4) is 0 Å². The molecule has 0 saturated heterocycles. The monoisotopic (exact) mass is 225 g/mol. The molecule has 0 spiro atoms. The van der Waals surface area contributed by atoms with Crippen molar-refractivity contribution >= 4 is 11.3 Å². The van der Waals surface area contributed by atoms with Crippen molar-refractivity contribution in [3.63, 3.8) is 0 Å². The zero-order valence-electron chi connectivity index (χ0n) is 9.44. The Morgan fingerprint density at radius 2 is 2.40 bits per heavy atom. The van der Waals surface area contributed by atoms with E-state index in [9.17, 15) is 0 Å². The third kappa shape index (κ3) is 2.22. The highest BCUT2D eigenvalue weighted by atomic mass is 32.1. The molecule has 2 rings (SSSR count). The zero-order chi connectivity index (χ0) is 10.9. The van der Waals surface area contributed by atoms with Crippen LogP contribution in [0.1, 0.15) is 25.5 Å². The molecule has 1 fully saturated rings. The molecule has 0 amide bonds. The zero-order valence-corrected chi connectivity index (χ0v) is 10.3. The van der Waals surface area contributed by atoms with E-state index in [4.69, 9.17) is 5.73 Å².